The van der Waals surface area contributed by atoms with Crippen LogP contribution in [0.2, 0.25) is 0 Å². The van der Waals surface area contributed by atoms with Gasteiger partial charge in [0.25, 0.3) is 0 Å². The summed E-state index contributed by atoms with van der Waals surface area (Å²) in [4.78, 5) is 4.26. The van der Waals surface area contributed by atoms with Crippen LogP contribution >= 0.6 is 15.9 Å². The van der Waals surface area contributed by atoms with E-state index in [1.165, 1.54) is 12.1 Å². The number of aryl methyl sites for hydroxylation is 1. The summed E-state index contributed by atoms with van der Waals surface area (Å²) in [5, 5.41) is 0. The number of halogens is 2. The van der Waals surface area contributed by atoms with E-state index in [2.05, 4.69) is 20.9 Å². The van der Waals surface area contributed by atoms with E-state index >= 15 is 0 Å². The third-order valence-corrected chi connectivity index (χ3v) is 3.35. The molecule has 2 N–H and O–H groups in total. The molecule has 2 aromatic rings. The lowest BCUT2D eigenvalue weighted by Gasteiger charge is -2.13. The summed E-state index contributed by atoms with van der Waals surface area (Å²) in [6.45, 7) is 1.95. The van der Waals surface area contributed by atoms with Crippen LogP contribution in [-0.4, -0.2) is 4.98 Å². The van der Waals surface area contributed by atoms with Crippen molar-refractivity contribution >= 4 is 15.9 Å². The maximum atomic E-state index is 13.2. The molecule has 1 aromatic carbocycles. The fourth-order valence-electron chi connectivity index (χ4n) is 1.81. The Hall–Kier alpha value is -1.26. The maximum Gasteiger partial charge on any atom is 0.123 e. The van der Waals surface area contributed by atoms with E-state index in [1.54, 1.807) is 12.3 Å². The van der Waals surface area contributed by atoms with Gasteiger partial charge in [-0.3, -0.25) is 4.98 Å². The first-order valence-corrected chi connectivity index (χ1v) is 6.47. The molecule has 0 saturated heterocycles. The van der Waals surface area contributed by atoms with Crippen molar-refractivity contribution in [3.63, 3.8) is 0 Å². The zero-order valence-corrected chi connectivity index (χ0v) is 11.6. The molecule has 0 fully saturated rings. The van der Waals surface area contributed by atoms with Gasteiger partial charge in [-0.1, -0.05) is 6.07 Å². The topological polar surface area (TPSA) is 38.9 Å². The van der Waals surface area contributed by atoms with Crippen molar-refractivity contribution in [3.05, 3.63) is 63.6 Å². The lowest BCUT2D eigenvalue weighted by molar-refractivity contribution is 0.619. The highest BCUT2D eigenvalue weighted by Crippen LogP contribution is 2.19. The van der Waals surface area contributed by atoms with Gasteiger partial charge in [-0.05, 0) is 64.7 Å². The molecular weight excluding hydrogens is 295 g/mol. The number of nitrogens with zero attached hydrogens (tertiary/aromatic N) is 1. The predicted octanol–water partition coefficient (Wildman–Crippen LogP) is 3.53. The van der Waals surface area contributed by atoms with Crippen molar-refractivity contribution in [2.24, 2.45) is 5.73 Å². The molecule has 0 aliphatic heterocycles. The standard InChI is InChI=1S/C14H14BrFN2/c1-9-2-4-12(16)6-10(9)7-13(17)14-5-3-11(15)8-18-14/h2-6,8,13H,7,17H2,1H3. The molecule has 0 bridgehead atoms. The molecule has 1 atom stereocenters. The van der Waals surface area contributed by atoms with Crippen molar-refractivity contribution in [2.45, 2.75) is 19.4 Å². The van der Waals surface area contributed by atoms with Crippen LogP contribution in [0.4, 0.5) is 4.39 Å². The van der Waals surface area contributed by atoms with E-state index in [0.717, 1.165) is 21.3 Å². The number of hydrogen-bond donors (Lipinski definition) is 1. The summed E-state index contributed by atoms with van der Waals surface area (Å²) < 4.78 is 14.1. The zero-order chi connectivity index (χ0) is 13.1. The second kappa shape index (κ2) is 5.59. The number of pyridine rings is 1. The first-order valence-electron chi connectivity index (χ1n) is 5.68. The quantitative estimate of drug-likeness (QED) is 0.942. The zero-order valence-electron chi connectivity index (χ0n) is 10.0. The molecule has 4 heteroatoms. The van der Waals surface area contributed by atoms with Crippen molar-refractivity contribution in [3.8, 4) is 0 Å². The Balaban J connectivity index is 2.18. The summed E-state index contributed by atoms with van der Waals surface area (Å²) in [5.41, 5.74) is 8.87. The van der Waals surface area contributed by atoms with Gasteiger partial charge >= 0.3 is 0 Å². The Bertz CT molecular complexity index is 540. The largest absolute Gasteiger partial charge is 0.322 e. The first kappa shape index (κ1) is 13.2. The second-order valence-electron chi connectivity index (χ2n) is 4.28. The van der Waals surface area contributed by atoms with E-state index in [9.17, 15) is 4.39 Å². The van der Waals surface area contributed by atoms with Crippen LogP contribution in [0, 0.1) is 12.7 Å². The molecule has 0 amide bonds. The molecule has 0 aliphatic rings. The molecule has 1 unspecified atom stereocenters. The first-order chi connectivity index (χ1) is 8.56. The molecule has 0 saturated carbocycles. The molecule has 0 spiro atoms. The normalized spacial score (nSPS) is 12.4. The van der Waals surface area contributed by atoms with Gasteiger partial charge in [-0.2, -0.15) is 0 Å². The molecule has 0 radical (unpaired) electrons. The van der Waals surface area contributed by atoms with E-state index in [1.807, 2.05) is 19.1 Å². The third-order valence-electron chi connectivity index (χ3n) is 2.88. The smallest absolute Gasteiger partial charge is 0.123 e. The second-order valence-corrected chi connectivity index (χ2v) is 5.20. The number of hydrogen-bond acceptors (Lipinski definition) is 2. The average molecular weight is 309 g/mol. The van der Waals surface area contributed by atoms with Gasteiger partial charge in [0, 0.05) is 10.7 Å². The van der Waals surface area contributed by atoms with Gasteiger partial charge in [0.2, 0.25) is 0 Å². The average Bonchev–Trinajstić information content (AvgIpc) is 2.34. The minimum Gasteiger partial charge on any atom is -0.322 e. The summed E-state index contributed by atoms with van der Waals surface area (Å²) >= 11 is 3.33. The van der Waals surface area contributed by atoms with Gasteiger partial charge < -0.3 is 5.73 Å². The van der Waals surface area contributed by atoms with Crippen LogP contribution < -0.4 is 5.73 Å². The maximum absolute atomic E-state index is 13.2. The van der Waals surface area contributed by atoms with Crippen molar-refractivity contribution in [1.29, 1.82) is 0 Å². The number of nitrogens with two attached hydrogens (primary N) is 1. The Morgan fingerprint density at radius 3 is 2.78 bits per heavy atom. The van der Waals surface area contributed by atoms with Crippen LogP contribution in [0.1, 0.15) is 22.9 Å². The number of rotatable bonds is 3. The number of benzene rings is 1. The van der Waals surface area contributed by atoms with Crippen LogP contribution in [0.25, 0.3) is 0 Å². The third kappa shape index (κ3) is 3.15. The molecule has 0 aliphatic carbocycles. The van der Waals surface area contributed by atoms with E-state index < -0.39 is 0 Å². The summed E-state index contributed by atoms with van der Waals surface area (Å²) in [6.07, 6.45) is 2.30. The van der Waals surface area contributed by atoms with Crippen molar-refractivity contribution in [1.82, 2.24) is 4.98 Å². The van der Waals surface area contributed by atoms with Gasteiger partial charge in [-0.25, -0.2) is 4.39 Å². The highest BCUT2D eigenvalue weighted by Gasteiger charge is 2.10. The molecule has 18 heavy (non-hydrogen) atoms. The van der Waals surface area contributed by atoms with E-state index in [4.69, 9.17) is 5.73 Å². The van der Waals surface area contributed by atoms with Crippen molar-refractivity contribution < 1.29 is 4.39 Å². The fourth-order valence-corrected chi connectivity index (χ4v) is 2.04. The summed E-state index contributed by atoms with van der Waals surface area (Å²) in [5.74, 6) is -0.230. The van der Waals surface area contributed by atoms with Crippen LogP contribution in [0.15, 0.2) is 41.0 Å². The van der Waals surface area contributed by atoms with Crippen LogP contribution in [-0.2, 0) is 6.42 Å². The minimum atomic E-state index is -0.230. The summed E-state index contributed by atoms with van der Waals surface area (Å²) in [6, 6.07) is 8.32. The fraction of sp³-hybridized carbons (Fsp3) is 0.214. The van der Waals surface area contributed by atoms with Crippen LogP contribution in [0.5, 0.6) is 0 Å². The Labute approximate surface area is 114 Å². The molecular formula is C14H14BrFN2. The van der Waals surface area contributed by atoms with E-state index in [0.29, 0.717) is 6.42 Å². The highest BCUT2D eigenvalue weighted by molar-refractivity contribution is 9.10. The van der Waals surface area contributed by atoms with Crippen molar-refractivity contribution in [2.75, 3.05) is 0 Å². The molecule has 2 nitrogen and oxygen atoms in total. The lowest BCUT2D eigenvalue weighted by Crippen LogP contribution is -2.15. The predicted molar refractivity (Wildman–Crippen MR) is 73.7 cm³/mol. The van der Waals surface area contributed by atoms with Crippen LogP contribution in [0.3, 0.4) is 0 Å². The highest BCUT2D eigenvalue weighted by atomic mass is 79.9. The summed E-state index contributed by atoms with van der Waals surface area (Å²) in [7, 11) is 0. The van der Waals surface area contributed by atoms with Gasteiger partial charge in [-0.15, -0.1) is 0 Å². The van der Waals surface area contributed by atoms with Gasteiger partial charge in [0.05, 0.1) is 11.7 Å². The monoisotopic (exact) mass is 308 g/mol. The van der Waals surface area contributed by atoms with Gasteiger partial charge in [0.1, 0.15) is 5.82 Å². The molecule has 1 aromatic heterocycles. The molecule has 1 heterocycles. The minimum absolute atomic E-state index is 0.224. The number of aromatic nitrogens is 1. The Morgan fingerprint density at radius 1 is 1.33 bits per heavy atom. The Morgan fingerprint density at radius 2 is 2.11 bits per heavy atom. The van der Waals surface area contributed by atoms with Gasteiger partial charge in [0.15, 0.2) is 0 Å². The Kier molecular flexibility index (Phi) is 4.09. The SMILES string of the molecule is Cc1ccc(F)cc1CC(N)c1ccc(Br)cn1. The van der Waals surface area contributed by atoms with E-state index in [-0.39, 0.29) is 11.9 Å². The lowest BCUT2D eigenvalue weighted by atomic mass is 9.99. The molecule has 2 rings (SSSR count). The molecule has 94 valence electrons.